The third-order valence-electron chi connectivity index (χ3n) is 6.15. The third kappa shape index (κ3) is 2.73. The first-order valence-electron chi connectivity index (χ1n) is 9.81. The van der Waals surface area contributed by atoms with Gasteiger partial charge in [-0.05, 0) is 35.6 Å². The Labute approximate surface area is 174 Å². The van der Waals surface area contributed by atoms with Crippen molar-refractivity contribution in [3.8, 4) is 0 Å². The van der Waals surface area contributed by atoms with Crippen LogP contribution >= 0.6 is 11.3 Å². The summed E-state index contributed by atoms with van der Waals surface area (Å²) in [5.74, 6) is 0.114. The number of fused-ring (bicyclic) bond motifs is 1. The van der Waals surface area contributed by atoms with Gasteiger partial charge in [0.25, 0.3) is 0 Å². The molecule has 0 aliphatic heterocycles. The quantitative estimate of drug-likeness (QED) is 0.431. The first-order chi connectivity index (χ1) is 14.1. The Kier molecular flexibility index (Phi) is 4.30. The first-order valence-corrected chi connectivity index (χ1v) is 10.6. The van der Waals surface area contributed by atoms with Crippen LogP contribution in [0.3, 0.4) is 0 Å². The van der Waals surface area contributed by atoms with Crippen molar-refractivity contribution in [1.82, 2.24) is 0 Å². The smallest absolute Gasteiger partial charge is 0.108 e. The molecule has 0 radical (unpaired) electrons. The highest BCUT2D eigenvalue weighted by atomic mass is 32.1. The summed E-state index contributed by atoms with van der Waals surface area (Å²) < 4.78 is 1.21. The number of aliphatic hydroxyl groups excluding tert-OH is 2. The molecule has 0 amide bonds. The molecule has 3 unspecified atom stereocenters. The van der Waals surface area contributed by atoms with E-state index in [2.05, 4.69) is 30.3 Å². The zero-order chi connectivity index (χ0) is 20.0. The zero-order valence-corrected chi connectivity index (χ0v) is 16.9. The number of rotatable bonds is 4. The van der Waals surface area contributed by atoms with Crippen molar-refractivity contribution in [2.24, 2.45) is 0 Å². The molecule has 2 N–H and O–H groups in total. The Morgan fingerprint density at radius 3 is 2.14 bits per heavy atom. The molecule has 3 atom stereocenters. The van der Waals surface area contributed by atoms with Gasteiger partial charge < -0.3 is 10.2 Å². The largest absolute Gasteiger partial charge is 0.511 e. The summed E-state index contributed by atoms with van der Waals surface area (Å²) >= 11 is 1.72. The van der Waals surface area contributed by atoms with Gasteiger partial charge in [0.1, 0.15) is 5.76 Å². The van der Waals surface area contributed by atoms with Gasteiger partial charge in [0.15, 0.2) is 0 Å². The van der Waals surface area contributed by atoms with E-state index in [-0.39, 0.29) is 11.7 Å². The molecule has 29 heavy (non-hydrogen) atoms. The Morgan fingerprint density at radius 1 is 0.862 bits per heavy atom. The molecule has 4 aromatic rings. The highest BCUT2D eigenvalue weighted by Crippen LogP contribution is 2.54. The van der Waals surface area contributed by atoms with Crippen molar-refractivity contribution < 1.29 is 10.2 Å². The average Bonchev–Trinajstić information content (AvgIpc) is 3.21. The van der Waals surface area contributed by atoms with Gasteiger partial charge in [-0.3, -0.25) is 0 Å². The molecule has 2 nitrogen and oxygen atoms in total. The van der Waals surface area contributed by atoms with Crippen LogP contribution in [0.25, 0.3) is 10.1 Å². The third-order valence-corrected chi connectivity index (χ3v) is 7.33. The van der Waals surface area contributed by atoms with Crippen molar-refractivity contribution in [2.75, 3.05) is 0 Å². The summed E-state index contributed by atoms with van der Waals surface area (Å²) in [6.45, 7) is 1.92. The van der Waals surface area contributed by atoms with Crippen molar-refractivity contribution in [3.63, 3.8) is 0 Å². The van der Waals surface area contributed by atoms with Gasteiger partial charge in [0.2, 0.25) is 0 Å². The fourth-order valence-electron chi connectivity index (χ4n) is 4.45. The summed E-state index contributed by atoms with van der Waals surface area (Å²) in [5, 5.41) is 23.7. The second-order valence-electron chi connectivity index (χ2n) is 7.81. The summed E-state index contributed by atoms with van der Waals surface area (Å²) in [7, 11) is 0. The monoisotopic (exact) mass is 398 g/mol. The van der Waals surface area contributed by atoms with Gasteiger partial charge in [0, 0.05) is 21.1 Å². The number of benzene rings is 3. The van der Waals surface area contributed by atoms with E-state index in [1.165, 1.54) is 10.1 Å². The molecule has 5 rings (SSSR count). The summed E-state index contributed by atoms with van der Waals surface area (Å²) in [4.78, 5) is 1.13. The van der Waals surface area contributed by atoms with E-state index in [1.807, 2.05) is 67.6 Å². The van der Waals surface area contributed by atoms with Crippen LogP contribution in [-0.4, -0.2) is 16.3 Å². The van der Waals surface area contributed by atoms with Crippen LogP contribution in [0.4, 0.5) is 0 Å². The number of hydrogen-bond acceptors (Lipinski definition) is 3. The first kappa shape index (κ1) is 18.2. The van der Waals surface area contributed by atoms with Crippen LogP contribution in [0.15, 0.2) is 102 Å². The van der Waals surface area contributed by atoms with Gasteiger partial charge in [-0.25, -0.2) is 0 Å². The SMILES string of the molecule is CC1(c2ccccc2)C(O)=C(C(c2ccccc2)c2cc3ccccc3s2)C1O. The molecular formula is C26H22O2S. The fourth-order valence-corrected chi connectivity index (χ4v) is 5.67. The summed E-state index contributed by atoms with van der Waals surface area (Å²) in [6, 6.07) is 30.4. The average molecular weight is 399 g/mol. The number of thiophene rings is 1. The predicted octanol–water partition coefficient (Wildman–Crippen LogP) is 6.18. The maximum absolute atomic E-state index is 11.3. The van der Waals surface area contributed by atoms with Gasteiger partial charge in [-0.2, -0.15) is 0 Å². The molecule has 1 aromatic heterocycles. The van der Waals surface area contributed by atoms with E-state index >= 15 is 0 Å². The van der Waals surface area contributed by atoms with E-state index in [0.717, 1.165) is 16.0 Å². The lowest BCUT2D eigenvalue weighted by Crippen LogP contribution is -2.51. The Balaban J connectivity index is 1.68. The second-order valence-corrected chi connectivity index (χ2v) is 8.92. The molecule has 0 bridgehead atoms. The summed E-state index contributed by atoms with van der Waals surface area (Å²) in [6.07, 6.45) is -0.750. The maximum Gasteiger partial charge on any atom is 0.108 e. The lowest BCUT2D eigenvalue weighted by Gasteiger charge is -2.47. The molecule has 0 saturated carbocycles. The molecule has 1 aliphatic rings. The topological polar surface area (TPSA) is 40.5 Å². The molecule has 0 fully saturated rings. The lowest BCUT2D eigenvalue weighted by molar-refractivity contribution is 0.0601. The predicted molar refractivity (Wildman–Crippen MR) is 120 cm³/mol. The van der Waals surface area contributed by atoms with Crippen LogP contribution in [0, 0.1) is 0 Å². The van der Waals surface area contributed by atoms with Crippen LogP contribution in [-0.2, 0) is 5.41 Å². The van der Waals surface area contributed by atoms with Gasteiger partial charge in [0.05, 0.1) is 11.5 Å². The van der Waals surface area contributed by atoms with Crippen LogP contribution in [0.5, 0.6) is 0 Å². The Bertz CT molecular complexity index is 1160. The highest BCUT2D eigenvalue weighted by molar-refractivity contribution is 7.19. The van der Waals surface area contributed by atoms with E-state index in [1.54, 1.807) is 11.3 Å². The fraction of sp³-hybridized carbons (Fsp3) is 0.154. The van der Waals surface area contributed by atoms with Crippen molar-refractivity contribution in [1.29, 1.82) is 0 Å². The van der Waals surface area contributed by atoms with Crippen molar-refractivity contribution >= 4 is 21.4 Å². The Hall–Kier alpha value is -2.88. The molecule has 0 saturated heterocycles. The molecule has 0 spiro atoms. The van der Waals surface area contributed by atoms with Crippen LogP contribution < -0.4 is 0 Å². The van der Waals surface area contributed by atoms with Crippen molar-refractivity contribution in [3.05, 3.63) is 118 Å². The van der Waals surface area contributed by atoms with E-state index in [4.69, 9.17) is 0 Å². The Morgan fingerprint density at radius 2 is 1.48 bits per heavy atom. The van der Waals surface area contributed by atoms with Crippen LogP contribution in [0.2, 0.25) is 0 Å². The van der Waals surface area contributed by atoms with Gasteiger partial charge >= 0.3 is 0 Å². The van der Waals surface area contributed by atoms with E-state index in [9.17, 15) is 10.2 Å². The number of hydrogen-bond donors (Lipinski definition) is 2. The van der Waals surface area contributed by atoms with Crippen molar-refractivity contribution in [2.45, 2.75) is 24.4 Å². The van der Waals surface area contributed by atoms with Gasteiger partial charge in [-0.15, -0.1) is 11.3 Å². The highest BCUT2D eigenvalue weighted by Gasteiger charge is 2.54. The standard InChI is InChI=1S/C26H22O2S/c1-26(19-13-6-3-7-14-19)24(27)23(25(26)28)22(17-10-4-2-5-11-17)21-16-18-12-8-9-15-20(18)29-21/h2-16,22,24,27-28H,1H3. The molecule has 3 aromatic carbocycles. The molecule has 144 valence electrons. The van der Waals surface area contributed by atoms with E-state index < -0.39 is 11.5 Å². The minimum atomic E-state index is -0.777. The van der Waals surface area contributed by atoms with E-state index in [0.29, 0.717) is 5.57 Å². The molecular weight excluding hydrogens is 376 g/mol. The normalized spacial score (nSPS) is 22.5. The summed E-state index contributed by atoms with van der Waals surface area (Å²) in [5.41, 5.74) is 1.93. The molecule has 1 heterocycles. The number of aliphatic hydroxyl groups is 2. The molecule has 1 aliphatic carbocycles. The minimum Gasteiger partial charge on any atom is -0.511 e. The van der Waals surface area contributed by atoms with Crippen LogP contribution in [0.1, 0.15) is 28.8 Å². The maximum atomic E-state index is 11.3. The van der Waals surface area contributed by atoms with Gasteiger partial charge in [-0.1, -0.05) is 78.9 Å². The zero-order valence-electron chi connectivity index (χ0n) is 16.1. The minimum absolute atomic E-state index is 0.166. The lowest BCUT2D eigenvalue weighted by atomic mass is 9.59. The second kappa shape index (κ2) is 6.87. The molecule has 3 heteroatoms.